The van der Waals surface area contributed by atoms with Gasteiger partial charge in [0.2, 0.25) is 0 Å². The second kappa shape index (κ2) is 4.33. The third-order valence-corrected chi connectivity index (χ3v) is 2.32. The minimum Gasteiger partial charge on any atom is -0.397 e. The van der Waals surface area contributed by atoms with E-state index in [4.69, 9.17) is 11.0 Å². The van der Waals surface area contributed by atoms with Crippen LogP contribution in [0.4, 0.5) is 14.5 Å². The van der Waals surface area contributed by atoms with Crippen LogP contribution in [0.15, 0.2) is 10.8 Å². The van der Waals surface area contributed by atoms with E-state index in [1.165, 1.54) is 6.20 Å². The summed E-state index contributed by atoms with van der Waals surface area (Å²) in [7, 11) is 0. The first-order valence-electron chi connectivity index (χ1n) is 3.65. The van der Waals surface area contributed by atoms with Crippen molar-refractivity contribution in [1.29, 1.82) is 5.26 Å². The number of alkyl halides is 2. The smallest absolute Gasteiger partial charge is 0.266 e. The zero-order chi connectivity index (χ0) is 10.7. The van der Waals surface area contributed by atoms with Crippen molar-refractivity contribution in [3.05, 3.63) is 21.9 Å². The van der Waals surface area contributed by atoms with Crippen LogP contribution >= 0.6 is 15.9 Å². The molecule has 1 aromatic rings. The van der Waals surface area contributed by atoms with E-state index in [0.29, 0.717) is 0 Å². The summed E-state index contributed by atoms with van der Waals surface area (Å²) in [6.07, 6.45) is -1.58. The fourth-order valence-corrected chi connectivity index (χ4v) is 1.57. The number of nitrogens with zero attached hydrogens (tertiary/aromatic N) is 2. The molecule has 3 nitrogen and oxygen atoms in total. The summed E-state index contributed by atoms with van der Waals surface area (Å²) in [5.41, 5.74) is 5.41. The highest BCUT2D eigenvalue weighted by atomic mass is 79.9. The summed E-state index contributed by atoms with van der Waals surface area (Å²) >= 11 is 2.90. The fourth-order valence-electron chi connectivity index (χ4n) is 1.05. The van der Waals surface area contributed by atoms with Crippen LogP contribution in [0.1, 0.15) is 17.6 Å². The Bertz CT molecular complexity index is 387. The van der Waals surface area contributed by atoms with E-state index in [1.807, 2.05) is 0 Å². The lowest BCUT2D eigenvalue weighted by atomic mass is 10.1. The molecule has 0 bridgehead atoms. The molecule has 2 N–H and O–H groups in total. The molecule has 1 aromatic heterocycles. The Morgan fingerprint density at radius 1 is 1.64 bits per heavy atom. The van der Waals surface area contributed by atoms with E-state index in [0.717, 1.165) is 0 Å². The molecule has 0 amide bonds. The molecule has 0 atom stereocenters. The van der Waals surface area contributed by atoms with Gasteiger partial charge in [-0.2, -0.15) is 5.26 Å². The van der Waals surface area contributed by atoms with E-state index >= 15 is 0 Å². The summed E-state index contributed by atoms with van der Waals surface area (Å²) in [5.74, 6) is 0. The van der Waals surface area contributed by atoms with E-state index < -0.39 is 6.43 Å². The Morgan fingerprint density at radius 2 is 2.29 bits per heavy atom. The Balaban J connectivity index is 3.35. The van der Waals surface area contributed by atoms with E-state index in [9.17, 15) is 8.78 Å². The molecule has 0 aromatic carbocycles. The van der Waals surface area contributed by atoms with Gasteiger partial charge in [-0.05, 0) is 15.9 Å². The van der Waals surface area contributed by atoms with Crippen molar-refractivity contribution in [1.82, 2.24) is 4.98 Å². The molecule has 0 aliphatic heterocycles. The van der Waals surface area contributed by atoms with E-state index in [2.05, 4.69) is 20.9 Å². The monoisotopic (exact) mass is 261 g/mol. The molecule has 0 unspecified atom stereocenters. The van der Waals surface area contributed by atoms with Gasteiger partial charge in [-0.25, -0.2) is 13.8 Å². The van der Waals surface area contributed by atoms with E-state index in [-0.39, 0.29) is 27.8 Å². The highest BCUT2D eigenvalue weighted by molar-refractivity contribution is 9.10. The van der Waals surface area contributed by atoms with Gasteiger partial charge in [-0.3, -0.25) is 0 Å². The maximum Gasteiger partial charge on any atom is 0.266 e. The standard InChI is InChI=1S/C8H6BrF2N3/c9-7-6(8(10)11)4(1-2-12)5(13)3-14-7/h3,8H,1,13H2. The quantitative estimate of drug-likeness (QED) is 0.832. The van der Waals surface area contributed by atoms with Crippen LogP contribution < -0.4 is 5.73 Å². The van der Waals surface area contributed by atoms with Gasteiger partial charge in [-0.1, -0.05) is 0 Å². The molecule has 0 fully saturated rings. The largest absolute Gasteiger partial charge is 0.397 e. The molecule has 0 spiro atoms. The molecule has 0 saturated heterocycles. The van der Waals surface area contributed by atoms with Gasteiger partial charge in [0.15, 0.2) is 0 Å². The number of pyridine rings is 1. The lowest BCUT2D eigenvalue weighted by molar-refractivity contribution is 0.149. The molecule has 0 aliphatic rings. The van der Waals surface area contributed by atoms with Crippen molar-refractivity contribution in [2.75, 3.05) is 5.73 Å². The molecular weight excluding hydrogens is 256 g/mol. The van der Waals surface area contributed by atoms with Crippen LogP contribution in [0.5, 0.6) is 0 Å². The van der Waals surface area contributed by atoms with Crippen molar-refractivity contribution >= 4 is 21.6 Å². The van der Waals surface area contributed by atoms with Gasteiger partial charge in [0.25, 0.3) is 6.43 Å². The number of nitrogen functional groups attached to an aromatic ring is 1. The van der Waals surface area contributed by atoms with Crippen LogP contribution in [0.25, 0.3) is 0 Å². The Morgan fingerprint density at radius 3 is 2.79 bits per heavy atom. The Hall–Kier alpha value is -1.22. The van der Waals surface area contributed by atoms with Crippen molar-refractivity contribution in [3.8, 4) is 6.07 Å². The summed E-state index contributed by atoms with van der Waals surface area (Å²) in [6.45, 7) is 0. The first-order chi connectivity index (χ1) is 6.57. The Labute approximate surface area is 87.7 Å². The fraction of sp³-hybridized carbons (Fsp3) is 0.250. The van der Waals surface area contributed by atoms with Crippen LogP contribution in [-0.2, 0) is 6.42 Å². The zero-order valence-electron chi connectivity index (χ0n) is 6.97. The molecule has 14 heavy (non-hydrogen) atoms. The third-order valence-electron chi connectivity index (χ3n) is 1.69. The normalized spacial score (nSPS) is 10.2. The predicted molar refractivity (Wildman–Crippen MR) is 50.6 cm³/mol. The van der Waals surface area contributed by atoms with E-state index in [1.54, 1.807) is 6.07 Å². The predicted octanol–water partition coefficient (Wildman–Crippen LogP) is 2.43. The number of anilines is 1. The molecular formula is C8H6BrF2N3. The van der Waals surface area contributed by atoms with Crippen molar-refractivity contribution in [2.45, 2.75) is 12.8 Å². The minimum absolute atomic E-state index is 0.0342. The number of aromatic nitrogens is 1. The maximum absolute atomic E-state index is 12.6. The lowest BCUT2D eigenvalue weighted by Crippen LogP contribution is -2.03. The van der Waals surface area contributed by atoms with Gasteiger partial charge >= 0.3 is 0 Å². The highest BCUT2D eigenvalue weighted by Gasteiger charge is 2.19. The molecule has 0 aliphatic carbocycles. The second-order valence-corrected chi connectivity index (χ2v) is 3.28. The molecule has 1 rings (SSSR count). The first-order valence-corrected chi connectivity index (χ1v) is 4.45. The average molecular weight is 262 g/mol. The molecule has 0 saturated carbocycles. The van der Waals surface area contributed by atoms with Gasteiger partial charge in [0, 0.05) is 5.56 Å². The van der Waals surface area contributed by atoms with Crippen LogP contribution in [0.3, 0.4) is 0 Å². The summed E-state index contributed by atoms with van der Waals surface area (Å²) in [5, 5.41) is 8.46. The number of hydrogen-bond acceptors (Lipinski definition) is 3. The topological polar surface area (TPSA) is 62.7 Å². The molecule has 6 heteroatoms. The van der Waals surface area contributed by atoms with Gasteiger partial charge < -0.3 is 5.73 Å². The number of halogens is 3. The number of nitrogens with two attached hydrogens (primary N) is 1. The number of rotatable bonds is 2. The van der Waals surface area contributed by atoms with Gasteiger partial charge in [0.1, 0.15) is 4.60 Å². The van der Waals surface area contributed by atoms with Gasteiger partial charge in [-0.15, -0.1) is 0 Å². The maximum atomic E-state index is 12.6. The molecule has 1 heterocycles. The van der Waals surface area contributed by atoms with Gasteiger partial charge in [0.05, 0.1) is 29.9 Å². The number of hydrogen-bond donors (Lipinski definition) is 1. The first kappa shape index (κ1) is 10.9. The summed E-state index contributed by atoms with van der Waals surface area (Å²) in [4.78, 5) is 3.65. The van der Waals surface area contributed by atoms with Crippen LogP contribution in [0, 0.1) is 11.3 Å². The minimum atomic E-state index is -2.69. The van der Waals surface area contributed by atoms with Crippen LogP contribution in [-0.4, -0.2) is 4.98 Å². The van der Waals surface area contributed by atoms with Crippen molar-refractivity contribution < 1.29 is 8.78 Å². The molecule has 0 radical (unpaired) electrons. The second-order valence-electron chi connectivity index (χ2n) is 2.53. The summed E-state index contributed by atoms with van der Waals surface area (Å²) < 4.78 is 25.1. The third kappa shape index (κ3) is 1.99. The van der Waals surface area contributed by atoms with Crippen molar-refractivity contribution in [3.63, 3.8) is 0 Å². The van der Waals surface area contributed by atoms with Crippen LogP contribution in [0.2, 0.25) is 0 Å². The zero-order valence-corrected chi connectivity index (χ0v) is 8.55. The molecule has 74 valence electrons. The SMILES string of the molecule is N#CCc1c(N)cnc(Br)c1C(F)F. The Kier molecular flexibility index (Phi) is 3.36. The van der Waals surface area contributed by atoms with Crippen molar-refractivity contribution in [2.24, 2.45) is 0 Å². The summed E-state index contributed by atoms with van der Waals surface area (Å²) in [6, 6.07) is 1.79. The number of nitriles is 1. The lowest BCUT2D eigenvalue weighted by Gasteiger charge is -2.09. The average Bonchev–Trinajstić information content (AvgIpc) is 2.11. The highest BCUT2D eigenvalue weighted by Crippen LogP contribution is 2.32.